The summed E-state index contributed by atoms with van der Waals surface area (Å²) >= 11 is 0. The fourth-order valence-electron chi connectivity index (χ4n) is 4.88. The van der Waals surface area contributed by atoms with Crippen LogP contribution in [-0.2, 0) is 14.9 Å². The third-order valence-corrected chi connectivity index (χ3v) is 6.41. The number of aliphatic imine (C=N–C) groups is 1. The average Bonchev–Trinajstić information content (AvgIpc) is 3.29. The number of ether oxygens (including phenoxy) is 2. The van der Waals surface area contributed by atoms with E-state index in [-0.39, 0.29) is 5.41 Å². The molecular formula is C21H31N3O2. The van der Waals surface area contributed by atoms with Crippen LogP contribution in [-0.4, -0.2) is 51.0 Å². The molecule has 1 aromatic carbocycles. The molecular weight excluding hydrogens is 326 g/mol. The molecule has 142 valence electrons. The fourth-order valence-corrected chi connectivity index (χ4v) is 4.88. The van der Waals surface area contributed by atoms with Gasteiger partial charge >= 0.3 is 0 Å². The lowest BCUT2D eigenvalue weighted by Gasteiger charge is -2.39. The highest BCUT2D eigenvalue weighted by molar-refractivity contribution is 5.80. The molecule has 3 saturated heterocycles. The molecule has 3 heterocycles. The molecule has 0 aliphatic carbocycles. The predicted octanol–water partition coefficient (Wildman–Crippen LogP) is 2.53. The standard InChI is InChI=1S/C21H31N3O2/c1-15-5-3-4-6-17(15)21(9-11-25-12-10-21)14-23-20(22-2)24-18-13-16-7-8-19(18)26-16/h3-6,16,18-19H,7-14H2,1-2H3,(H2,22,23,24). The maximum Gasteiger partial charge on any atom is 0.191 e. The van der Waals surface area contributed by atoms with Crippen molar-refractivity contribution in [2.75, 3.05) is 26.8 Å². The van der Waals surface area contributed by atoms with Crippen molar-refractivity contribution in [1.82, 2.24) is 10.6 Å². The van der Waals surface area contributed by atoms with Gasteiger partial charge in [-0.3, -0.25) is 4.99 Å². The van der Waals surface area contributed by atoms with Crippen molar-refractivity contribution in [3.63, 3.8) is 0 Å². The Labute approximate surface area is 156 Å². The molecule has 3 fully saturated rings. The van der Waals surface area contributed by atoms with Gasteiger partial charge in [-0.05, 0) is 50.2 Å². The van der Waals surface area contributed by atoms with Gasteiger partial charge in [0.2, 0.25) is 0 Å². The Balaban J connectivity index is 1.45. The van der Waals surface area contributed by atoms with Crippen LogP contribution in [0.15, 0.2) is 29.3 Å². The summed E-state index contributed by atoms with van der Waals surface area (Å²) in [5, 5.41) is 7.22. The Morgan fingerprint density at radius 3 is 2.69 bits per heavy atom. The van der Waals surface area contributed by atoms with Crippen LogP contribution in [0.3, 0.4) is 0 Å². The number of guanidine groups is 1. The van der Waals surface area contributed by atoms with E-state index >= 15 is 0 Å². The molecule has 0 amide bonds. The zero-order chi connectivity index (χ0) is 18.0. The topological polar surface area (TPSA) is 54.9 Å². The van der Waals surface area contributed by atoms with Gasteiger partial charge in [0.15, 0.2) is 5.96 Å². The number of aryl methyl sites for hydroxylation is 1. The zero-order valence-corrected chi connectivity index (χ0v) is 16.0. The Kier molecular flexibility index (Phi) is 5.18. The number of fused-ring (bicyclic) bond motifs is 2. The summed E-state index contributed by atoms with van der Waals surface area (Å²) in [5.41, 5.74) is 2.90. The fraction of sp³-hybridized carbons (Fsp3) is 0.667. The van der Waals surface area contributed by atoms with Gasteiger partial charge in [0.1, 0.15) is 0 Å². The van der Waals surface area contributed by atoms with E-state index in [1.807, 2.05) is 7.05 Å². The second-order valence-electron chi connectivity index (χ2n) is 7.99. The van der Waals surface area contributed by atoms with Crippen LogP contribution in [0.2, 0.25) is 0 Å². The molecule has 4 rings (SSSR count). The Morgan fingerprint density at radius 2 is 2.04 bits per heavy atom. The van der Waals surface area contributed by atoms with E-state index in [2.05, 4.69) is 46.8 Å². The molecule has 0 radical (unpaired) electrons. The molecule has 0 aromatic heterocycles. The normalized spacial score (nSPS) is 30.4. The second-order valence-corrected chi connectivity index (χ2v) is 7.99. The molecule has 3 atom stereocenters. The first-order valence-electron chi connectivity index (χ1n) is 9.97. The molecule has 0 saturated carbocycles. The van der Waals surface area contributed by atoms with Gasteiger partial charge in [0.05, 0.1) is 18.2 Å². The SMILES string of the molecule is CN=C(NCC1(c2ccccc2C)CCOCC1)NC1CC2CCC1O2. The lowest BCUT2D eigenvalue weighted by molar-refractivity contribution is 0.0511. The highest BCUT2D eigenvalue weighted by Crippen LogP contribution is 2.36. The van der Waals surface area contributed by atoms with Crippen molar-refractivity contribution in [3.05, 3.63) is 35.4 Å². The monoisotopic (exact) mass is 357 g/mol. The van der Waals surface area contributed by atoms with E-state index < -0.39 is 0 Å². The van der Waals surface area contributed by atoms with Crippen LogP contribution >= 0.6 is 0 Å². The first kappa shape index (κ1) is 17.8. The zero-order valence-electron chi connectivity index (χ0n) is 16.0. The molecule has 2 N–H and O–H groups in total. The Bertz CT molecular complexity index is 654. The lowest BCUT2D eigenvalue weighted by atomic mass is 9.72. The predicted molar refractivity (Wildman–Crippen MR) is 104 cm³/mol. The second kappa shape index (κ2) is 7.57. The smallest absolute Gasteiger partial charge is 0.191 e. The maximum atomic E-state index is 5.97. The highest BCUT2D eigenvalue weighted by atomic mass is 16.5. The van der Waals surface area contributed by atoms with E-state index in [1.165, 1.54) is 24.0 Å². The van der Waals surface area contributed by atoms with Crippen molar-refractivity contribution in [2.24, 2.45) is 4.99 Å². The summed E-state index contributed by atoms with van der Waals surface area (Å²) in [6, 6.07) is 9.16. The summed E-state index contributed by atoms with van der Waals surface area (Å²) in [4.78, 5) is 4.47. The third-order valence-electron chi connectivity index (χ3n) is 6.41. The molecule has 3 aliphatic heterocycles. The van der Waals surface area contributed by atoms with Gasteiger partial charge in [-0.2, -0.15) is 0 Å². The largest absolute Gasteiger partial charge is 0.381 e. The Morgan fingerprint density at radius 1 is 1.23 bits per heavy atom. The molecule has 2 bridgehead atoms. The highest BCUT2D eigenvalue weighted by Gasteiger charge is 2.41. The van der Waals surface area contributed by atoms with Crippen molar-refractivity contribution in [1.29, 1.82) is 0 Å². The van der Waals surface area contributed by atoms with Crippen molar-refractivity contribution in [2.45, 2.75) is 62.7 Å². The number of hydrogen-bond acceptors (Lipinski definition) is 3. The van der Waals surface area contributed by atoms with Gasteiger partial charge < -0.3 is 20.1 Å². The van der Waals surface area contributed by atoms with Crippen LogP contribution < -0.4 is 10.6 Å². The molecule has 5 nitrogen and oxygen atoms in total. The molecule has 1 aromatic rings. The molecule has 5 heteroatoms. The minimum absolute atomic E-state index is 0.104. The van der Waals surface area contributed by atoms with Gasteiger partial charge in [-0.15, -0.1) is 0 Å². The minimum atomic E-state index is 0.104. The number of hydrogen-bond donors (Lipinski definition) is 2. The summed E-state index contributed by atoms with van der Waals surface area (Å²) in [5.74, 6) is 0.894. The molecule has 26 heavy (non-hydrogen) atoms. The van der Waals surface area contributed by atoms with Gasteiger partial charge in [0.25, 0.3) is 0 Å². The van der Waals surface area contributed by atoms with Crippen LogP contribution in [0.5, 0.6) is 0 Å². The first-order chi connectivity index (χ1) is 12.7. The minimum Gasteiger partial charge on any atom is -0.381 e. The van der Waals surface area contributed by atoms with Crippen LogP contribution in [0.1, 0.15) is 43.2 Å². The summed E-state index contributed by atoms with van der Waals surface area (Å²) in [6.07, 6.45) is 6.37. The average molecular weight is 357 g/mol. The number of benzene rings is 1. The van der Waals surface area contributed by atoms with Crippen molar-refractivity contribution < 1.29 is 9.47 Å². The Hall–Kier alpha value is -1.59. The maximum absolute atomic E-state index is 5.97. The van der Waals surface area contributed by atoms with Gasteiger partial charge in [-0.1, -0.05) is 24.3 Å². The summed E-state index contributed by atoms with van der Waals surface area (Å²) < 4.78 is 11.6. The summed E-state index contributed by atoms with van der Waals surface area (Å²) in [7, 11) is 1.85. The van der Waals surface area contributed by atoms with Crippen molar-refractivity contribution in [3.8, 4) is 0 Å². The summed E-state index contributed by atoms with van der Waals surface area (Å²) in [6.45, 7) is 4.74. The van der Waals surface area contributed by atoms with E-state index in [0.29, 0.717) is 18.2 Å². The van der Waals surface area contributed by atoms with E-state index in [1.54, 1.807) is 0 Å². The number of nitrogens with zero attached hydrogens (tertiary/aromatic N) is 1. The third kappa shape index (κ3) is 3.47. The molecule has 0 spiro atoms. The van der Waals surface area contributed by atoms with E-state index in [0.717, 1.165) is 45.0 Å². The number of rotatable bonds is 4. The van der Waals surface area contributed by atoms with Crippen LogP contribution in [0.4, 0.5) is 0 Å². The van der Waals surface area contributed by atoms with E-state index in [4.69, 9.17) is 9.47 Å². The molecule has 3 aliphatic rings. The van der Waals surface area contributed by atoms with Crippen LogP contribution in [0, 0.1) is 6.92 Å². The quantitative estimate of drug-likeness (QED) is 0.642. The van der Waals surface area contributed by atoms with Gasteiger partial charge in [0, 0.05) is 32.2 Å². The number of nitrogens with one attached hydrogen (secondary N) is 2. The van der Waals surface area contributed by atoms with Gasteiger partial charge in [-0.25, -0.2) is 0 Å². The first-order valence-corrected chi connectivity index (χ1v) is 9.97. The van der Waals surface area contributed by atoms with Crippen LogP contribution in [0.25, 0.3) is 0 Å². The van der Waals surface area contributed by atoms with E-state index in [9.17, 15) is 0 Å². The van der Waals surface area contributed by atoms with Crippen molar-refractivity contribution >= 4 is 5.96 Å². The molecule has 3 unspecified atom stereocenters. The lowest BCUT2D eigenvalue weighted by Crippen LogP contribution is -2.52.